The van der Waals surface area contributed by atoms with Crippen molar-refractivity contribution >= 4 is 6.03 Å². The van der Waals surface area contributed by atoms with E-state index in [4.69, 9.17) is 9.47 Å². The van der Waals surface area contributed by atoms with Gasteiger partial charge in [0.05, 0.1) is 7.11 Å². The van der Waals surface area contributed by atoms with E-state index in [1.165, 1.54) is 5.56 Å². The molecule has 1 heterocycles. The summed E-state index contributed by atoms with van der Waals surface area (Å²) >= 11 is 0. The van der Waals surface area contributed by atoms with E-state index >= 15 is 0 Å². The average molecular weight is 383 g/mol. The molecule has 2 aromatic rings. The molecule has 1 saturated heterocycles. The highest BCUT2D eigenvalue weighted by atomic mass is 16.5. The number of benzene rings is 2. The molecule has 1 fully saturated rings. The lowest BCUT2D eigenvalue weighted by Gasteiger charge is -2.34. The van der Waals surface area contributed by atoms with Crippen LogP contribution in [0.25, 0.3) is 0 Å². The van der Waals surface area contributed by atoms with E-state index in [-0.39, 0.29) is 6.03 Å². The lowest BCUT2D eigenvalue weighted by Crippen LogP contribution is -2.52. The molecule has 1 aliphatic heterocycles. The number of carbonyl (C=O) groups is 1. The summed E-state index contributed by atoms with van der Waals surface area (Å²) < 4.78 is 10.9. The van der Waals surface area contributed by atoms with Gasteiger partial charge in [0.25, 0.3) is 0 Å². The third kappa shape index (κ3) is 5.63. The quantitative estimate of drug-likeness (QED) is 0.799. The average Bonchev–Trinajstić information content (AvgIpc) is 2.74. The topological polar surface area (TPSA) is 54.0 Å². The van der Waals surface area contributed by atoms with Crippen LogP contribution in [-0.2, 0) is 6.54 Å². The standard InChI is InChI=1S/C22H29N3O3/c1-18-5-3-4-6-19(18)17-23-22(26)25-13-11-24(12-14-25)15-16-28-21-9-7-20(27-2)8-10-21/h3-10H,11-17H2,1-2H3,(H,23,26). The molecule has 1 aliphatic rings. The number of amides is 2. The number of ether oxygens (including phenoxy) is 2. The predicted octanol–water partition coefficient (Wildman–Crippen LogP) is 2.91. The van der Waals surface area contributed by atoms with Gasteiger partial charge in [0.1, 0.15) is 18.1 Å². The molecule has 0 saturated carbocycles. The fourth-order valence-corrected chi connectivity index (χ4v) is 3.23. The zero-order valence-electron chi connectivity index (χ0n) is 16.7. The van der Waals surface area contributed by atoms with E-state index in [9.17, 15) is 4.79 Å². The van der Waals surface area contributed by atoms with Crippen LogP contribution in [-0.4, -0.2) is 62.3 Å². The Hall–Kier alpha value is -2.73. The minimum atomic E-state index is 0.0115. The fourth-order valence-electron chi connectivity index (χ4n) is 3.23. The number of urea groups is 1. The molecule has 0 radical (unpaired) electrons. The van der Waals surface area contributed by atoms with Crippen LogP contribution in [0.3, 0.4) is 0 Å². The highest BCUT2D eigenvalue weighted by molar-refractivity contribution is 5.74. The van der Waals surface area contributed by atoms with Crippen molar-refractivity contribution in [1.29, 1.82) is 0 Å². The summed E-state index contributed by atoms with van der Waals surface area (Å²) in [6, 6.07) is 15.8. The first-order valence-electron chi connectivity index (χ1n) is 9.72. The Labute approximate surface area is 167 Å². The van der Waals surface area contributed by atoms with E-state index < -0.39 is 0 Å². The van der Waals surface area contributed by atoms with Gasteiger partial charge >= 0.3 is 6.03 Å². The van der Waals surface area contributed by atoms with E-state index in [1.54, 1.807) is 7.11 Å². The van der Waals surface area contributed by atoms with Crippen LogP contribution in [0.5, 0.6) is 11.5 Å². The highest BCUT2D eigenvalue weighted by Crippen LogP contribution is 2.17. The van der Waals surface area contributed by atoms with Crippen molar-refractivity contribution in [3.63, 3.8) is 0 Å². The molecule has 3 rings (SSSR count). The van der Waals surface area contributed by atoms with Crippen molar-refractivity contribution in [2.75, 3.05) is 46.4 Å². The molecular weight excluding hydrogens is 354 g/mol. The molecule has 0 aromatic heterocycles. The lowest BCUT2D eigenvalue weighted by molar-refractivity contribution is 0.126. The van der Waals surface area contributed by atoms with Gasteiger partial charge in [0.15, 0.2) is 0 Å². The van der Waals surface area contributed by atoms with Gasteiger partial charge in [0.2, 0.25) is 0 Å². The molecule has 0 aliphatic carbocycles. The Bertz CT molecular complexity index is 756. The van der Waals surface area contributed by atoms with Gasteiger partial charge in [-0.15, -0.1) is 0 Å². The number of rotatable bonds is 7. The summed E-state index contributed by atoms with van der Waals surface area (Å²) in [5.74, 6) is 1.67. The minimum absolute atomic E-state index is 0.0115. The van der Waals surface area contributed by atoms with Crippen molar-refractivity contribution < 1.29 is 14.3 Å². The maximum Gasteiger partial charge on any atom is 0.317 e. The van der Waals surface area contributed by atoms with E-state index in [0.29, 0.717) is 13.2 Å². The third-order valence-corrected chi connectivity index (χ3v) is 5.09. The van der Waals surface area contributed by atoms with Gasteiger partial charge in [-0.25, -0.2) is 4.79 Å². The number of hydrogen-bond acceptors (Lipinski definition) is 4. The molecule has 28 heavy (non-hydrogen) atoms. The van der Waals surface area contributed by atoms with Crippen molar-refractivity contribution in [2.24, 2.45) is 0 Å². The fraction of sp³-hybridized carbons (Fsp3) is 0.409. The molecule has 6 nitrogen and oxygen atoms in total. The van der Waals surface area contributed by atoms with Crippen LogP contribution in [0, 0.1) is 6.92 Å². The molecule has 0 spiro atoms. The second-order valence-electron chi connectivity index (χ2n) is 6.94. The highest BCUT2D eigenvalue weighted by Gasteiger charge is 2.20. The summed E-state index contributed by atoms with van der Waals surface area (Å²) in [4.78, 5) is 16.6. The van der Waals surface area contributed by atoms with E-state index in [2.05, 4.69) is 29.3 Å². The normalized spacial score (nSPS) is 14.6. The lowest BCUT2D eigenvalue weighted by atomic mass is 10.1. The smallest absolute Gasteiger partial charge is 0.317 e. The predicted molar refractivity (Wildman–Crippen MR) is 110 cm³/mol. The summed E-state index contributed by atoms with van der Waals surface area (Å²) in [6.07, 6.45) is 0. The third-order valence-electron chi connectivity index (χ3n) is 5.09. The Kier molecular flexibility index (Phi) is 7.14. The molecule has 0 bridgehead atoms. The summed E-state index contributed by atoms with van der Waals surface area (Å²) in [5.41, 5.74) is 2.36. The number of nitrogens with zero attached hydrogens (tertiary/aromatic N) is 2. The van der Waals surface area contributed by atoms with Gasteiger partial charge in [-0.1, -0.05) is 24.3 Å². The molecular formula is C22H29N3O3. The number of hydrogen-bond donors (Lipinski definition) is 1. The number of methoxy groups -OCH3 is 1. The van der Waals surface area contributed by atoms with Crippen molar-refractivity contribution in [2.45, 2.75) is 13.5 Å². The largest absolute Gasteiger partial charge is 0.497 e. The second kappa shape index (κ2) is 9.99. The van der Waals surface area contributed by atoms with Crippen molar-refractivity contribution in [3.8, 4) is 11.5 Å². The number of carbonyl (C=O) groups excluding carboxylic acids is 1. The van der Waals surface area contributed by atoms with Gasteiger partial charge in [-0.2, -0.15) is 0 Å². The summed E-state index contributed by atoms with van der Waals surface area (Å²) in [6.45, 7) is 7.32. The molecule has 2 aromatic carbocycles. The monoisotopic (exact) mass is 383 g/mol. The first kappa shape index (κ1) is 20.0. The summed E-state index contributed by atoms with van der Waals surface area (Å²) in [7, 11) is 1.65. The van der Waals surface area contributed by atoms with Crippen LogP contribution in [0.15, 0.2) is 48.5 Å². The maximum atomic E-state index is 12.4. The second-order valence-corrected chi connectivity index (χ2v) is 6.94. The first-order chi connectivity index (χ1) is 13.7. The van der Waals surface area contributed by atoms with Crippen molar-refractivity contribution in [3.05, 3.63) is 59.7 Å². The molecule has 1 N–H and O–H groups in total. The first-order valence-corrected chi connectivity index (χ1v) is 9.72. The van der Waals surface area contributed by atoms with Crippen LogP contribution in [0.4, 0.5) is 4.79 Å². The SMILES string of the molecule is COc1ccc(OCCN2CCN(C(=O)NCc3ccccc3C)CC2)cc1. The molecule has 6 heteroatoms. The summed E-state index contributed by atoms with van der Waals surface area (Å²) in [5, 5.41) is 3.03. The van der Waals surface area contributed by atoms with Gasteiger partial charge in [-0.05, 0) is 42.3 Å². The van der Waals surface area contributed by atoms with Crippen molar-refractivity contribution in [1.82, 2.24) is 15.1 Å². The molecule has 150 valence electrons. The number of nitrogens with one attached hydrogen (secondary N) is 1. The number of piperazine rings is 1. The van der Waals surface area contributed by atoms with Crippen LogP contribution >= 0.6 is 0 Å². The molecule has 2 amide bonds. The Morgan fingerprint density at radius 2 is 1.68 bits per heavy atom. The van der Waals surface area contributed by atoms with Gasteiger partial charge in [0, 0.05) is 39.3 Å². The number of aryl methyl sites for hydroxylation is 1. The van der Waals surface area contributed by atoms with Crippen LogP contribution < -0.4 is 14.8 Å². The Morgan fingerprint density at radius 3 is 2.36 bits per heavy atom. The zero-order chi connectivity index (χ0) is 19.8. The van der Waals surface area contributed by atoms with E-state index in [1.807, 2.05) is 41.3 Å². The Balaban J connectivity index is 1.34. The van der Waals surface area contributed by atoms with Crippen LogP contribution in [0.2, 0.25) is 0 Å². The molecule has 0 unspecified atom stereocenters. The van der Waals surface area contributed by atoms with Crippen LogP contribution in [0.1, 0.15) is 11.1 Å². The van der Waals surface area contributed by atoms with E-state index in [0.717, 1.165) is 49.8 Å². The Morgan fingerprint density at radius 1 is 1.00 bits per heavy atom. The van der Waals surface area contributed by atoms with Gasteiger partial charge < -0.3 is 19.7 Å². The molecule has 0 atom stereocenters. The maximum absolute atomic E-state index is 12.4. The van der Waals surface area contributed by atoms with Gasteiger partial charge in [-0.3, -0.25) is 4.90 Å². The minimum Gasteiger partial charge on any atom is -0.497 e. The zero-order valence-corrected chi connectivity index (χ0v) is 16.7.